The summed E-state index contributed by atoms with van der Waals surface area (Å²) in [4.78, 5) is 15.6. The molecule has 21 heavy (non-hydrogen) atoms. The van der Waals surface area contributed by atoms with Crippen molar-refractivity contribution in [2.24, 2.45) is 5.92 Å². The highest BCUT2D eigenvalue weighted by atomic mass is 32.2. The monoisotopic (exact) mass is 328 g/mol. The second kappa shape index (κ2) is 5.37. The number of nitrogens with one attached hydrogen (secondary N) is 1. The molecular formula is C14H20N2O3S2. The highest BCUT2D eigenvalue weighted by Crippen LogP contribution is 2.35. The molecule has 3 rings (SSSR count). The molecule has 2 fully saturated rings. The van der Waals surface area contributed by atoms with Crippen molar-refractivity contribution in [1.29, 1.82) is 0 Å². The van der Waals surface area contributed by atoms with Crippen LogP contribution in [0.2, 0.25) is 0 Å². The molecule has 0 aromatic carbocycles. The molecule has 0 aliphatic carbocycles. The quantitative estimate of drug-likeness (QED) is 0.910. The van der Waals surface area contributed by atoms with E-state index in [1.807, 2.05) is 31.4 Å². The van der Waals surface area contributed by atoms with Gasteiger partial charge in [-0.3, -0.25) is 10.1 Å². The summed E-state index contributed by atoms with van der Waals surface area (Å²) in [5.41, 5.74) is 0. The smallest absolute Gasteiger partial charge is 0.241 e. The number of hydrogen-bond donors (Lipinski definition) is 1. The van der Waals surface area contributed by atoms with Gasteiger partial charge in [-0.05, 0) is 23.8 Å². The Bertz CT molecular complexity index is 625. The van der Waals surface area contributed by atoms with Gasteiger partial charge in [0.05, 0.1) is 17.5 Å². The summed E-state index contributed by atoms with van der Waals surface area (Å²) in [6.45, 7) is 4.02. The molecule has 7 heteroatoms. The Balaban J connectivity index is 1.92. The van der Waals surface area contributed by atoms with Crippen molar-refractivity contribution in [2.45, 2.75) is 38.5 Å². The van der Waals surface area contributed by atoms with Gasteiger partial charge in [-0.25, -0.2) is 8.42 Å². The molecule has 0 radical (unpaired) electrons. The molecule has 2 saturated heterocycles. The van der Waals surface area contributed by atoms with Gasteiger partial charge < -0.3 is 4.90 Å². The van der Waals surface area contributed by atoms with E-state index in [1.165, 1.54) is 0 Å². The highest BCUT2D eigenvalue weighted by Gasteiger charge is 2.47. The lowest BCUT2D eigenvalue weighted by atomic mass is 10.0. The van der Waals surface area contributed by atoms with Crippen LogP contribution in [0.4, 0.5) is 0 Å². The molecule has 2 aliphatic rings. The molecule has 2 aliphatic heterocycles. The minimum atomic E-state index is -3.00. The summed E-state index contributed by atoms with van der Waals surface area (Å²) in [6.07, 6.45) is 0.353. The number of carbonyl (C=O) groups excluding carboxylic acids is 1. The summed E-state index contributed by atoms with van der Waals surface area (Å²) >= 11 is 1.59. The van der Waals surface area contributed by atoms with Crippen LogP contribution < -0.4 is 5.32 Å². The molecule has 3 atom stereocenters. The predicted octanol–water partition coefficient (Wildman–Crippen LogP) is 1.39. The fraction of sp³-hybridized carbons (Fsp3) is 0.643. The summed E-state index contributed by atoms with van der Waals surface area (Å²) in [7, 11) is -3.00. The van der Waals surface area contributed by atoms with Gasteiger partial charge in [0.2, 0.25) is 5.91 Å². The maximum atomic E-state index is 12.7. The third-order valence-electron chi connectivity index (χ3n) is 4.22. The van der Waals surface area contributed by atoms with E-state index in [1.54, 1.807) is 16.2 Å². The van der Waals surface area contributed by atoms with Crippen LogP contribution in [0, 0.1) is 5.92 Å². The van der Waals surface area contributed by atoms with Gasteiger partial charge >= 0.3 is 0 Å². The van der Waals surface area contributed by atoms with Gasteiger partial charge in [0.15, 0.2) is 9.84 Å². The second-order valence-electron chi connectivity index (χ2n) is 6.11. The van der Waals surface area contributed by atoms with E-state index in [-0.39, 0.29) is 41.6 Å². The molecule has 0 saturated carbocycles. The Morgan fingerprint density at radius 2 is 2.19 bits per heavy atom. The molecule has 1 aromatic heterocycles. The molecule has 1 N–H and O–H groups in total. The molecule has 1 amide bonds. The Kier molecular flexibility index (Phi) is 3.83. The van der Waals surface area contributed by atoms with E-state index < -0.39 is 9.84 Å². The normalized spacial score (nSPS) is 32.2. The zero-order chi connectivity index (χ0) is 15.2. The zero-order valence-corrected chi connectivity index (χ0v) is 13.8. The first kappa shape index (κ1) is 15.0. The van der Waals surface area contributed by atoms with Gasteiger partial charge in [0.25, 0.3) is 0 Å². The van der Waals surface area contributed by atoms with Crippen molar-refractivity contribution in [3.05, 3.63) is 22.4 Å². The molecule has 3 heterocycles. The summed E-state index contributed by atoms with van der Waals surface area (Å²) in [6, 6.07) is 3.51. The van der Waals surface area contributed by atoms with Crippen LogP contribution in [-0.4, -0.2) is 42.8 Å². The average Bonchev–Trinajstić information content (AvgIpc) is 3.07. The predicted molar refractivity (Wildman–Crippen MR) is 82.7 cm³/mol. The van der Waals surface area contributed by atoms with Crippen molar-refractivity contribution in [3.63, 3.8) is 0 Å². The fourth-order valence-electron chi connectivity index (χ4n) is 3.14. The molecule has 0 spiro atoms. The third-order valence-corrected chi connectivity index (χ3v) is 6.89. The Morgan fingerprint density at radius 1 is 1.43 bits per heavy atom. The van der Waals surface area contributed by atoms with Crippen LogP contribution in [0.3, 0.4) is 0 Å². The maximum absolute atomic E-state index is 12.7. The van der Waals surface area contributed by atoms with Crippen molar-refractivity contribution in [3.8, 4) is 0 Å². The largest absolute Gasteiger partial charge is 0.317 e. The van der Waals surface area contributed by atoms with Crippen LogP contribution in [0.1, 0.15) is 31.3 Å². The van der Waals surface area contributed by atoms with Crippen molar-refractivity contribution < 1.29 is 13.2 Å². The van der Waals surface area contributed by atoms with Crippen molar-refractivity contribution in [2.75, 3.05) is 11.5 Å². The zero-order valence-electron chi connectivity index (χ0n) is 12.2. The molecule has 1 aromatic rings. The lowest BCUT2D eigenvalue weighted by Gasteiger charge is -2.28. The number of amides is 1. The summed E-state index contributed by atoms with van der Waals surface area (Å²) < 4.78 is 23.5. The first-order chi connectivity index (χ1) is 9.89. The fourth-order valence-corrected chi connectivity index (χ4v) is 5.63. The van der Waals surface area contributed by atoms with Gasteiger partial charge in [-0.2, -0.15) is 0 Å². The lowest BCUT2D eigenvalue weighted by molar-refractivity contribution is -0.132. The van der Waals surface area contributed by atoms with E-state index in [2.05, 4.69) is 5.32 Å². The van der Waals surface area contributed by atoms with Crippen LogP contribution in [0.25, 0.3) is 0 Å². The maximum Gasteiger partial charge on any atom is 0.241 e. The van der Waals surface area contributed by atoms with E-state index in [4.69, 9.17) is 0 Å². The molecule has 0 bridgehead atoms. The van der Waals surface area contributed by atoms with E-state index in [0.717, 1.165) is 4.88 Å². The standard InChI is InChI=1S/C14H20N2O3S2/c1-9(2)12-14(17)16(10-5-7-21(18,19)8-10)13(15-12)11-4-3-6-20-11/h3-4,6,9-10,12-13,15H,5,7-8H2,1-2H3. The van der Waals surface area contributed by atoms with E-state index >= 15 is 0 Å². The van der Waals surface area contributed by atoms with Crippen LogP contribution in [-0.2, 0) is 14.6 Å². The van der Waals surface area contributed by atoms with Crippen LogP contribution in [0.5, 0.6) is 0 Å². The number of sulfone groups is 1. The SMILES string of the molecule is CC(C)C1NC(c2cccs2)N(C2CCS(=O)(=O)C2)C1=O. The summed E-state index contributed by atoms with van der Waals surface area (Å²) in [5, 5.41) is 5.37. The number of rotatable bonds is 3. The van der Waals surface area contributed by atoms with Gasteiger partial charge in [0.1, 0.15) is 6.17 Å². The van der Waals surface area contributed by atoms with Crippen LogP contribution >= 0.6 is 11.3 Å². The third kappa shape index (κ3) is 2.74. The topological polar surface area (TPSA) is 66.5 Å². The number of nitrogens with zero attached hydrogens (tertiary/aromatic N) is 1. The number of hydrogen-bond acceptors (Lipinski definition) is 5. The van der Waals surface area contributed by atoms with Gasteiger partial charge in [0, 0.05) is 10.9 Å². The molecule has 5 nitrogen and oxygen atoms in total. The minimum absolute atomic E-state index is 0.0329. The first-order valence-corrected chi connectivity index (χ1v) is 9.91. The van der Waals surface area contributed by atoms with Crippen LogP contribution in [0.15, 0.2) is 17.5 Å². The molecule has 3 unspecified atom stereocenters. The Hall–Kier alpha value is -0.920. The first-order valence-electron chi connectivity index (χ1n) is 7.21. The molecule has 116 valence electrons. The van der Waals surface area contributed by atoms with E-state index in [9.17, 15) is 13.2 Å². The minimum Gasteiger partial charge on any atom is -0.317 e. The number of carbonyl (C=O) groups is 1. The van der Waals surface area contributed by atoms with Crippen molar-refractivity contribution >= 4 is 27.1 Å². The van der Waals surface area contributed by atoms with E-state index in [0.29, 0.717) is 6.42 Å². The Morgan fingerprint density at radius 3 is 2.71 bits per heavy atom. The average molecular weight is 328 g/mol. The number of thiophene rings is 1. The second-order valence-corrected chi connectivity index (χ2v) is 9.32. The van der Waals surface area contributed by atoms with Gasteiger partial charge in [-0.15, -0.1) is 11.3 Å². The lowest BCUT2D eigenvalue weighted by Crippen LogP contribution is -2.41. The van der Waals surface area contributed by atoms with Crippen molar-refractivity contribution in [1.82, 2.24) is 10.2 Å². The summed E-state index contributed by atoms with van der Waals surface area (Å²) in [5.74, 6) is 0.492. The molecular weight excluding hydrogens is 308 g/mol. The highest BCUT2D eigenvalue weighted by molar-refractivity contribution is 7.91. The van der Waals surface area contributed by atoms with Gasteiger partial charge in [-0.1, -0.05) is 19.9 Å². The Labute approximate surface area is 129 Å².